The number of aliphatic hydroxyl groups excluding tert-OH is 1. The van der Waals surface area contributed by atoms with Crippen molar-refractivity contribution in [2.24, 2.45) is 0 Å². The first-order valence-corrected chi connectivity index (χ1v) is 0.836. The summed E-state index contributed by atoms with van der Waals surface area (Å²) in [7, 11) is 0. The Morgan fingerprint density at radius 1 is 1.75 bits per heavy atom. The van der Waals surface area contributed by atoms with Crippen LogP contribution in [0.4, 0.5) is 0 Å². The molecular weight excluding hydrogens is 47.0 g/mol. The van der Waals surface area contributed by atoms with Gasteiger partial charge in [0.05, 0.1) is 0 Å². The third-order valence-corrected chi connectivity index (χ3v) is 0. The Labute approximate surface area is 38.2 Å². The molecule has 4 heavy (non-hydrogen) atoms. The summed E-state index contributed by atoms with van der Waals surface area (Å²) in [6.07, 6.45) is 0. The van der Waals surface area contributed by atoms with Crippen LogP contribution in [0.15, 0.2) is 0 Å². The predicted octanol–water partition coefficient (Wildman–Crippen LogP) is -2.46. The Hall–Kier alpha value is 0.557. The molecule has 0 atom stereocenters. The van der Waals surface area contributed by atoms with Crippen molar-refractivity contribution < 1.29 is 24.0 Å². The molecule has 20 valence electrons. The van der Waals surface area contributed by atoms with Crippen LogP contribution in [-0.2, 0) is 0 Å². The van der Waals surface area contributed by atoms with Crippen LogP contribution in [0.2, 0.25) is 0 Å². The molecule has 1 nitrogen and oxygen atoms in total. The summed E-state index contributed by atoms with van der Waals surface area (Å²) >= 11 is 0. The van der Waals surface area contributed by atoms with Gasteiger partial charge in [0, 0.05) is 0 Å². The van der Waals surface area contributed by atoms with E-state index in [9.17, 15) is 0 Å². The average molecular weight is 52.0 g/mol. The molecule has 1 N–H and O–H groups in total. The standard InChI is InChI=1S/C2H5O.Li/c1-2-3;/h2-3H,1H3;/q-1;+1. The summed E-state index contributed by atoms with van der Waals surface area (Å²) < 4.78 is 0. The minimum Gasteiger partial charge on any atom is -0.566 e. The molecule has 0 aromatic heterocycles. The molecule has 0 aromatic carbocycles. The molecule has 0 spiro atoms. The van der Waals surface area contributed by atoms with E-state index in [0.717, 1.165) is 6.61 Å². The molecule has 0 rings (SSSR count). The molecule has 0 aliphatic heterocycles. The fourth-order valence-corrected chi connectivity index (χ4v) is 0. The maximum Gasteiger partial charge on any atom is 1.00 e. The van der Waals surface area contributed by atoms with E-state index in [1.807, 2.05) is 0 Å². The van der Waals surface area contributed by atoms with Gasteiger partial charge in [0.15, 0.2) is 0 Å². The zero-order valence-electron chi connectivity index (χ0n) is 3.02. The molecule has 0 saturated carbocycles. The predicted molar refractivity (Wildman–Crippen MR) is 11.9 cm³/mol. The van der Waals surface area contributed by atoms with Crippen LogP contribution in [0, 0.1) is 6.61 Å². The van der Waals surface area contributed by atoms with E-state index in [2.05, 4.69) is 0 Å². The van der Waals surface area contributed by atoms with Gasteiger partial charge in [-0.05, 0) is 0 Å². The first-order valence-electron chi connectivity index (χ1n) is 0.836. The smallest absolute Gasteiger partial charge is 0.566 e. The Kier molecular flexibility index (Phi) is 21.1. The second kappa shape index (κ2) is 9.59. The van der Waals surface area contributed by atoms with E-state index in [0.29, 0.717) is 0 Å². The molecule has 2 heteroatoms. The number of aliphatic hydroxyl groups is 1. The second-order valence-corrected chi connectivity index (χ2v) is 0.258. The molecule has 0 amide bonds. The van der Waals surface area contributed by atoms with Crippen molar-refractivity contribution in [1.29, 1.82) is 0 Å². The summed E-state index contributed by atoms with van der Waals surface area (Å²) in [6.45, 7) is 2.56. The Balaban J connectivity index is 0. The SMILES string of the molecule is C[CH-]O.[Li+]. The van der Waals surface area contributed by atoms with Crippen LogP contribution in [0.25, 0.3) is 0 Å². The van der Waals surface area contributed by atoms with Gasteiger partial charge in [0.1, 0.15) is 0 Å². The van der Waals surface area contributed by atoms with Gasteiger partial charge in [-0.2, -0.15) is 6.92 Å². The molecule has 0 heterocycles. The van der Waals surface area contributed by atoms with Crippen molar-refractivity contribution in [1.82, 2.24) is 0 Å². The van der Waals surface area contributed by atoms with Crippen LogP contribution in [-0.4, -0.2) is 5.11 Å². The van der Waals surface area contributed by atoms with Crippen molar-refractivity contribution in [2.75, 3.05) is 0 Å². The Bertz CT molecular complexity index is 6.00. The van der Waals surface area contributed by atoms with Crippen molar-refractivity contribution in [2.45, 2.75) is 6.92 Å². The fraction of sp³-hybridized carbons (Fsp3) is 0.500. The van der Waals surface area contributed by atoms with Gasteiger partial charge in [0.2, 0.25) is 0 Å². The molecule has 0 aliphatic carbocycles. The van der Waals surface area contributed by atoms with Crippen LogP contribution < -0.4 is 18.9 Å². The van der Waals surface area contributed by atoms with Crippen LogP contribution in [0.5, 0.6) is 0 Å². The number of hydrogen-bond acceptors (Lipinski definition) is 1. The number of rotatable bonds is 0. The topological polar surface area (TPSA) is 20.2 Å². The summed E-state index contributed by atoms with van der Waals surface area (Å²) in [5, 5.41) is 7.44. The van der Waals surface area contributed by atoms with Crippen molar-refractivity contribution in [3.63, 3.8) is 0 Å². The van der Waals surface area contributed by atoms with Crippen molar-refractivity contribution >= 4 is 0 Å². The maximum atomic E-state index is 7.44. The van der Waals surface area contributed by atoms with Crippen LogP contribution in [0.3, 0.4) is 0 Å². The van der Waals surface area contributed by atoms with E-state index in [1.165, 1.54) is 0 Å². The second-order valence-electron chi connectivity index (χ2n) is 0.258. The Morgan fingerprint density at radius 2 is 1.75 bits per heavy atom. The van der Waals surface area contributed by atoms with Crippen molar-refractivity contribution in [3.05, 3.63) is 6.61 Å². The quantitative estimate of drug-likeness (QED) is 0.239. The van der Waals surface area contributed by atoms with Gasteiger partial charge in [-0.25, -0.2) is 6.61 Å². The maximum absolute atomic E-state index is 7.44. The number of hydrogen-bond donors (Lipinski definition) is 1. The zero-order valence-corrected chi connectivity index (χ0v) is 3.02. The summed E-state index contributed by atoms with van der Waals surface area (Å²) in [4.78, 5) is 0. The first-order chi connectivity index (χ1) is 1.41. The van der Waals surface area contributed by atoms with Crippen LogP contribution in [0.1, 0.15) is 6.92 Å². The molecule has 0 unspecified atom stereocenters. The molecule has 0 fully saturated rings. The summed E-state index contributed by atoms with van der Waals surface area (Å²) in [6, 6.07) is 0. The van der Waals surface area contributed by atoms with Crippen LogP contribution >= 0.6 is 0 Å². The van der Waals surface area contributed by atoms with Gasteiger partial charge in [-0.15, -0.1) is 0 Å². The Morgan fingerprint density at radius 3 is 1.75 bits per heavy atom. The molecule has 0 saturated heterocycles. The van der Waals surface area contributed by atoms with E-state index in [4.69, 9.17) is 5.11 Å². The normalized spacial score (nSPS) is 4.50. The zero-order chi connectivity index (χ0) is 2.71. The average Bonchev–Trinajstić information content (AvgIpc) is 0.918. The molecule has 0 radical (unpaired) electrons. The fourth-order valence-electron chi connectivity index (χ4n) is 0. The van der Waals surface area contributed by atoms with Crippen molar-refractivity contribution in [3.8, 4) is 0 Å². The minimum absolute atomic E-state index is 0. The van der Waals surface area contributed by atoms with Gasteiger partial charge in [-0.1, -0.05) is 0 Å². The third-order valence-electron chi connectivity index (χ3n) is 0. The monoisotopic (exact) mass is 52.1 g/mol. The molecule has 0 aromatic rings. The van der Waals surface area contributed by atoms with E-state index < -0.39 is 0 Å². The largest absolute Gasteiger partial charge is 1.00 e. The van der Waals surface area contributed by atoms with Gasteiger partial charge >= 0.3 is 18.9 Å². The van der Waals surface area contributed by atoms with E-state index in [1.54, 1.807) is 6.92 Å². The van der Waals surface area contributed by atoms with Gasteiger partial charge in [0.25, 0.3) is 0 Å². The van der Waals surface area contributed by atoms with Gasteiger partial charge < -0.3 is 5.11 Å². The molecule has 0 bridgehead atoms. The minimum atomic E-state index is 0. The third kappa shape index (κ3) is 20.0. The van der Waals surface area contributed by atoms with E-state index >= 15 is 0 Å². The van der Waals surface area contributed by atoms with Gasteiger partial charge in [-0.3, -0.25) is 0 Å². The molecule has 0 aliphatic rings. The summed E-state index contributed by atoms with van der Waals surface area (Å²) in [5.41, 5.74) is 0. The van der Waals surface area contributed by atoms with E-state index in [-0.39, 0.29) is 18.9 Å². The summed E-state index contributed by atoms with van der Waals surface area (Å²) in [5.74, 6) is 0. The molecular formula is C2H5LiO. The first kappa shape index (κ1) is 8.82.